The highest BCUT2D eigenvalue weighted by molar-refractivity contribution is 6.05. The van der Waals surface area contributed by atoms with Gasteiger partial charge < -0.3 is 15.2 Å². The van der Waals surface area contributed by atoms with E-state index in [1.165, 1.54) is 5.56 Å². The molecule has 0 bridgehead atoms. The van der Waals surface area contributed by atoms with Gasteiger partial charge in [-0.3, -0.25) is 9.59 Å². The molecule has 3 aromatic rings. The van der Waals surface area contributed by atoms with Gasteiger partial charge in [-0.25, -0.2) is 0 Å². The van der Waals surface area contributed by atoms with Crippen molar-refractivity contribution in [1.82, 2.24) is 4.57 Å². The number of hydrogen-bond donors (Lipinski definition) is 2. The maximum Gasteiger partial charge on any atom is 0.257 e. The molecule has 0 aliphatic rings. The summed E-state index contributed by atoms with van der Waals surface area (Å²) in [5.74, 6) is -0.278. The normalized spacial score (nSPS) is 10.8. The van der Waals surface area contributed by atoms with Crippen molar-refractivity contribution in [3.63, 3.8) is 0 Å². The van der Waals surface area contributed by atoms with Crippen LogP contribution in [0.1, 0.15) is 41.2 Å². The Morgan fingerprint density at radius 3 is 2.07 bits per heavy atom. The van der Waals surface area contributed by atoms with E-state index in [9.17, 15) is 9.59 Å². The summed E-state index contributed by atoms with van der Waals surface area (Å²) in [5, 5.41) is 5.78. The average molecular weight is 389 g/mol. The average Bonchev–Trinajstić information content (AvgIpc) is 2.97. The predicted molar refractivity (Wildman–Crippen MR) is 118 cm³/mol. The minimum Gasteiger partial charge on any atom is -0.326 e. The molecule has 5 heteroatoms. The van der Waals surface area contributed by atoms with Crippen LogP contribution in [-0.2, 0) is 4.79 Å². The number of aromatic nitrogens is 1. The summed E-state index contributed by atoms with van der Waals surface area (Å²) in [4.78, 5) is 24.6. The van der Waals surface area contributed by atoms with E-state index in [1.54, 1.807) is 24.3 Å². The Balaban J connectivity index is 1.78. The first-order chi connectivity index (χ1) is 13.8. The van der Waals surface area contributed by atoms with Crippen molar-refractivity contribution in [2.24, 2.45) is 5.92 Å². The monoisotopic (exact) mass is 389 g/mol. The number of benzene rings is 2. The zero-order valence-electron chi connectivity index (χ0n) is 17.5. The molecule has 1 heterocycles. The lowest BCUT2D eigenvalue weighted by Crippen LogP contribution is -2.17. The van der Waals surface area contributed by atoms with Crippen LogP contribution in [-0.4, -0.2) is 16.4 Å². The van der Waals surface area contributed by atoms with Crippen LogP contribution in [0.5, 0.6) is 0 Å². The molecule has 0 radical (unpaired) electrons. The maximum atomic E-state index is 12.9. The van der Waals surface area contributed by atoms with Crippen LogP contribution in [0.3, 0.4) is 0 Å². The summed E-state index contributed by atoms with van der Waals surface area (Å²) >= 11 is 0. The van der Waals surface area contributed by atoms with Crippen LogP contribution >= 0.6 is 0 Å². The fourth-order valence-electron chi connectivity index (χ4n) is 3.28. The molecule has 150 valence electrons. The number of aryl methyl sites for hydroxylation is 2. The van der Waals surface area contributed by atoms with Gasteiger partial charge in [0.05, 0.1) is 5.56 Å². The van der Waals surface area contributed by atoms with Crippen molar-refractivity contribution in [3.05, 3.63) is 77.1 Å². The molecule has 0 saturated carbocycles. The minimum absolute atomic E-state index is 0.0367. The number of hydrogen-bond acceptors (Lipinski definition) is 2. The zero-order valence-corrected chi connectivity index (χ0v) is 17.5. The molecule has 0 unspecified atom stereocenters. The number of rotatable bonds is 5. The van der Waals surface area contributed by atoms with Gasteiger partial charge in [-0.15, -0.1) is 0 Å². The lowest BCUT2D eigenvalue weighted by molar-refractivity contribution is -0.118. The second-order valence-electron chi connectivity index (χ2n) is 7.63. The van der Waals surface area contributed by atoms with E-state index < -0.39 is 0 Å². The topological polar surface area (TPSA) is 63.1 Å². The Kier molecular flexibility index (Phi) is 5.87. The minimum atomic E-state index is -0.157. The number of nitrogens with one attached hydrogen (secondary N) is 2. The van der Waals surface area contributed by atoms with Crippen molar-refractivity contribution in [3.8, 4) is 5.69 Å². The van der Waals surface area contributed by atoms with E-state index in [2.05, 4.69) is 34.3 Å². The van der Waals surface area contributed by atoms with Gasteiger partial charge in [0, 0.05) is 34.4 Å². The molecule has 0 atom stereocenters. The van der Waals surface area contributed by atoms with Crippen molar-refractivity contribution in [2.45, 2.75) is 34.6 Å². The van der Waals surface area contributed by atoms with Crippen molar-refractivity contribution in [1.29, 1.82) is 0 Å². The summed E-state index contributed by atoms with van der Waals surface area (Å²) in [6.45, 7) is 9.69. The summed E-state index contributed by atoms with van der Waals surface area (Å²) in [6.07, 6.45) is 0. The fraction of sp³-hybridized carbons (Fsp3) is 0.250. The molecule has 0 saturated heterocycles. The zero-order chi connectivity index (χ0) is 21.1. The highest BCUT2D eigenvalue weighted by Crippen LogP contribution is 2.23. The molecule has 3 rings (SSSR count). The molecule has 0 aliphatic carbocycles. The molecule has 5 nitrogen and oxygen atoms in total. The van der Waals surface area contributed by atoms with E-state index >= 15 is 0 Å². The molecule has 2 aromatic carbocycles. The fourth-order valence-corrected chi connectivity index (χ4v) is 3.28. The molecule has 2 amide bonds. The Labute approximate surface area is 171 Å². The Morgan fingerprint density at radius 2 is 1.48 bits per heavy atom. The molecular weight excluding hydrogens is 362 g/mol. The van der Waals surface area contributed by atoms with Gasteiger partial charge in [0.2, 0.25) is 5.91 Å². The van der Waals surface area contributed by atoms with Crippen LogP contribution in [0, 0.1) is 26.7 Å². The number of anilines is 2. The standard InChI is InChI=1S/C24H27N3O2/c1-15(2)23(28)25-19-9-11-20(12-10-19)26-24(29)22-14-17(4)27(18(22)5)21-8-6-7-16(3)13-21/h6-15H,1-5H3,(H,25,28)(H,26,29). The molecule has 0 aliphatic heterocycles. The van der Waals surface area contributed by atoms with E-state index in [4.69, 9.17) is 0 Å². The summed E-state index contributed by atoms with van der Waals surface area (Å²) in [7, 11) is 0. The smallest absolute Gasteiger partial charge is 0.257 e. The largest absolute Gasteiger partial charge is 0.326 e. The van der Waals surface area contributed by atoms with Gasteiger partial charge in [-0.2, -0.15) is 0 Å². The molecule has 0 spiro atoms. The first-order valence-corrected chi connectivity index (χ1v) is 9.74. The number of carbonyl (C=O) groups is 2. The van der Waals surface area contributed by atoms with Gasteiger partial charge in [-0.1, -0.05) is 26.0 Å². The highest BCUT2D eigenvalue weighted by Gasteiger charge is 2.17. The van der Waals surface area contributed by atoms with Gasteiger partial charge in [-0.05, 0) is 68.8 Å². The van der Waals surface area contributed by atoms with E-state index in [1.807, 2.05) is 45.9 Å². The van der Waals surface area contributed by atoms with Crippen molar-refractivity contribution < 1.29 is 9.59 Å². The van der Waals surface area contributed by atoms with Crippen molar-refractivity contribution in [2.75, 3.05) is 10.6 Å². The second kappa shape index (κ2) is 8.35. The molecule has 29 heavy (non-hydrogen) atoms. The predicted octanol–water partition coefficient (Wildman–Crippen LogP) is 5.25. The van der Waals surface area contributed by atoms with E-state index in [-0.39, 0.29) is 17.7 Å². The Bertz CT molecular complexity index is 1050. The first-order valence-electron chi connectivity index (χ1n) is 9.74. The van der Waals surface area contributed by atoms with Gasteiger partial charge in [0.1, 0.15) is 0 Å². The second-order valence-corrected chi connectivity index (χ2v) is 7.63. The third kappa shape index (κ3) is 4.57. The molecule has 1 aromatic heterocycles. The Morgan fingerprint density at radius 1 is 0.862 bits per heavy atom. The number of amides is 2. The Hall–Kier alpha value is -3.34. The number of carbonyl (C=O) groups excluding carboxylic acids is 2. The van der Waals surface area contributed by atoms with E-state index in [0.29, 0.717) is 16.9 Å². The third-order valence-corrected chi connectivity index (χ3v) is 4.87. The summed E-state index contributed by atoms with van der Waals surface area (Å²) < 4.78 is 2.09. The van der Waals surface area contributed by atoms with Crippen LogP contribution in [0.15, 0.2) is 54.6 Å². The quantitative estimate of drug-likeness (QED) is 0.626. The number of nitrogens with zero attached hydrogens (tertiary/aromatic N) is 1. The summed E-state index contributed by atoms with van der Waals surface area (Å²) in [5.41, 5.74) is 6.14. The lowest BCUT2D eigenvalue weighted by atomic mass is 10.2. The van der Waals surface area contributed by atoms with E-state index in [0.717, 1.165) is 17.1 Å². The molecule has 0 fully saturated rings. The summed E-state index contributed by atoms with van der Waals surface area (Å²) in [6, 6.07) is 17.3. The molecular formula is C24H27N3O2. The third-order valence-electron chi connectivity index (χ3n) is 4.87. The van der Waals surface area contributed by atoms with Crippen LogP contribution in [0.4, 0.5) is 11.4 Å². The van der Waals surface area contributed by atoms with Crippen molar-refractivity contribution >= 4 is 23.2 Å². The van der Waals surface area contributed by atoms with Gasteiger partial charge in [0.15, 0.2) is 0 Å². The first kappa shape index (κ1) is 20.4. The highest BCUT2D eigenvalue weighted by atomic mass is 16.2. The van der Waals surface area contributed by atoms with Crippen LogP contribution in [0.25, 0.3) is 5.69 Å². The lowest BCUT2D eigenvalue weighted by Gasteiger charge is -2.11. The SMILES string of the molecule is Cc1cccc(-n2c(C)cc(C(=O)Nc3ccc(NC(=O)C(C)C)cc3)c2C)c1. The van der Waals surface area contributed by atoms with Crippen LogP contribution in [0.2, 0.25) is 0 Å². The van der Waals surface area contributed by atoms with Crippen LogP contribution < -0.4 is 10.6 Å². The molecule has 2 N–H and O–H groups in total. The van der Waals surface area contributed by atoms with Gasteiger partial charge in [0.25, 0.3) is 5.91 Å². The van der Waals surface area contributed by atoms with Gasteiger partial charge >= 0.3 is 0 Å². The maximum absolute atomic E-state index is 12.9.